The third-order valence-corrected chi connectivity index (χ3v) is 11.2. The van der Waals surface area contributed by atoms with Crippen molar-refractivity contribution in [3.8, 4) is 34.4 Å². The van der Waals surface area contributed by atoms with E-state index in [1.807, 2.05) is 70.6 Å². The van der Waals surface area contributed by atoms with Gasteiger partial charge < -0.3 is 48.9 Å². The predicted molar refractivity (Wildman–Crippen MR) is 252 cm³/mol. The van der Waals surface area contributed by atoms with Crippen LogP contribution in [0.15, 0.2) is 110 Å². The SMILES string of the molecule is CN1c2nc(Cl)ncc2OCC1c1cc(F)cc(F)c1.COc1cc(N)ccc1-n1cnc(C)c1.COc1cc(Nc2ncc3c(n2)N(C)C(c2cc(F)cc(F)c2)CO3)ccc1-n1cnc(C)c1. The molecule has 2 aliphatic rings. The molecule has 2 unspecified atom stereocenters. The summed E-state index contributed by atoms with van der Waals surface area (Å²) in [7, 11) is 6.79. The maximum Gasteiger partial charge on any atom is 0.229 e. The maximum atomic E-state index is 13.8. The van der Waals surface area contributed by atoms with Crippen molar-refractivity contribution in [2.75, 3.05) is 62.4 Å². The first-order valence-electron chi connectivity index (χ1n) is 21.1. The van der Waals surface area contributed by atoms with Crippen LogP contribution in [-0.4, -0.2) is 80.6 Å². The summed E-state index contributed by atoms with van der Waals surface area (Å²) >= 11 is 5.76. The van der Waals surface area contributed by atoms with Crippen LogP contribution in [0, 0.1) is 37.1 Å². The quantitative estimate of drug-likeness (QED) is 0.0840. The number of imidazole rings is 2. The highest BCUT2D eigenvalue weighted by atomic mass is 35.5. The molecule has 21 heteroatoms. The van der Waals surface area contributed by atoms with Gasteiger partial charge in [0.25, 0.3) is 0 Å². The van der Waals surface area contributed by atoms with Crippen LogP contribution in [0.2, 0.25) is 5.28 Å². The van der Waals surface area contributed by atoms with E-state index in [0.717, 1.165) is 46.3 Å². The van der Waals surface area contributed by atoms with E-state index in [2.05, 4.69) is 35.2 Å². The molecule has 0 amide bonds. The Morgan fingerprint density at radius 3 is 1.61 bits per heavy atom. The van der Waals surface area contributed by atoms with Gasteiger partial charge in [0.15, 0.2) is 23.1 Å². The molecule has 0 spiro atoms. The lowest BCUT2D eigenvalue weighted by atomic mass is 10.0. The molecule has 4 aromatic heterocycles. The van der Waals surface area contributed by atoms with Gasteiger partial charge in [-0.1, -0.05) is 0 Å². The molecule has 356 valence electrons. The van der Waals surface area contributed by atoms with E-state index >= 15 is 0 Å². The van der Waals surface area contributed by atoms with E-state index in [9.17, 15) is 17.6 Å². The molecule has 6 heterocycles. The van der Waals surface area contributed by atoms with Crippen molar-refractivity contribution in [2.24, 2.45) is 0 Å². The van der Waals surface area contributed by atoms with Crippen molar-refractivity contribution in [3.63, 3.8) is 0 Å². The summed E-state index contributed by atoms with van der Waals surface area (Å²) in [6, 6.07) is 17.3. The number of halogens is 5. The van der Waals surface area contributed by atoms with E-state index in [1.165, 1.54) is 30.5 Å². The second kappa shape index (κ2) is 20.4. The van der Waals surface area contributed by atoms with E-state index in [-0.39, 0.29) is 24.5 Å². The standard InChI is InChI=1S/C24H22F2N6O2.C13H10ClF2N3O.C11H13N3O/c1-14-11-32(13-28-14)19-5-4-18(9-21(19)33-3)29-24-27-10-22-23(30-24)31(2)20(12-34-22)15-6-16(25)8-17(26)7-15;1-19-10(7-2-8(15)4-9(16)3-7)6-20-11-5-17-13(14)18-12(11)19;1-8-6-14(7-13-8)10-4-3-9(12)5-11(10)15-2/h4-11,13,20H,12H2,1-3H3,(H,27,29,30);2-5,10H,6H2,1H3;3-7H,12H2,1-2H3. The van der Waals surface area contributed by atoms with Gasteiger partial charge in [-0.25, -0.2) is 37.5 Å². The zero-order valence-electron chi connectivity index (χ0n) is 38.0. The van der Waals surface area contributed by atoms with E-state index in [0.29, 0.717) is 51.6 Å². The normalized spacial score (nSPS) is 14.7. The van der Waals surface area contributed by atoms with Crippen LogP contribution in [0.1, 0.15) is 34.6 Å². The average Bonchev–Trinajstić information content (AvgIpc) is 3.96. The first-order chi connectivity index (χ1) is 33.2. The molecule has 2 aliphatic heterocycles. The van der Waals surface area contributed by atoms with Gasteiger partial charge in [-0.15, -0.1) is 0 Å². The van der Waals surface area contributed by atoms with Crippen LogP contribution in [0.5, 0.6) is 23.0 Å². The Balaban J connectivity index is 0.000000155. The smallest absolute Gasteiger partial charge is 0.229 e. The lowest BCUT2D eigenvalue weighted by molar-refractivity contribution is 0.264. The molecule has 0 saturated carbocycles. The topological polar surface area (TPSA) is 169 Å². The predicted octanol–water partition coefficient (Wildman–Crippen LogP) is 9.32. The van der Waals surface area contributed by atoms with Gasteiger partial charge in [-0.2, -0.15) is 9.97 Å². The van der Waals surface area contributed by atoms with Crippen molar-refractivity contribution < 1.29 is 36.5 Å². The number of fused-ring (bicyclic) bond motifs is 2. The Morgan fingerprint density at radius 1 is 0.638 bits per heavy atom. The molecule has 69 heavy (non-hydrogen) atoms. The van der Waals surface area contributed by atoms with Crippen LogP contribution < -0.4 is 39.8 Å². The highest BCUT2D eigenvalue weighted by Gasteiger charge is 2.30. The molecule has 16 nitrogen and oxygen atoms in total. The summed E-state index contributed by atoms with van der Waals surface area (Å²) in [4.78, 5) is 28.9. The summed E-state index contributed by atoms with van der Waals surface area (Å²) in [6.45, 7) is 4.33. The molecule has 3 N–H and O–H groups in total. The molecule has 0 bridgehead atoms. The lowest BCUT2D eigenvalue weighted by Crippen LogP contribution is -2.34. The fourth-order valence-corrected chi connectivity index (χ4v) is 7.74. The number of aromatic nitrogens is 8. The maximum absolute atomic E-state index is 13.8. The Kier molecular flexibility index (Phi) is 14.0. The highest BCUT2D eigenvalue weighted by Crippen LogP contribution is 2.39. The van der Waals surface area contributed by atoms with Crippen LogP contribution in [0.25, 0.3) is 11.4 Å². The molecule has 0 aliphatic carbocycles. The fraction of sp³-hybridized carbons (Fsp3) is 0.208. The number of rotatable bonds is 8. The van der Waals surface area contributed by atoms with Gasteiger partial charge in [-0.3, -0.25) is 0 Å². The largest absolute Gasteiger partial charge is 0.494 e. The number of hydrogen-bond acceptors (Lipinski definition) is 14. The summed E-state index contributed by atoms with van der Waals surface area (Å²) < 4.78 is 80.1. The summed E-state index contributed by atoms with van der Waals surface area (Å²) in [5.41, 5.74) is 11.7. The van der Waals surface area contributed by atoms with E-state index < -0.39 is 29.3 Å². The van der Waals surface area contributed by atoms with Crippen LogP contribution in [0.4, 0.5) is 46.5 Å². The number of nitrogens with two attached hydrogens (primary N) is 1. The van der Waals surface area contributed by atoms with Crippen molar-refractivity contribution >= 4 is 40.6 Å². The number of aryl methyl sites for hydroxylation is 2. The van der Waals surface area contributed by atoms with Crippen molar-refractivity contribution in [2.45, 2.75) is 25.9 Å². The summed E-state index contributed by atoms with van der Waals surface area (Å²) in [5, 5.41) is 3.26. The summed E-state index contributed by atoms with van der Waals surface area (Å²) in [5.74, 6) is 1.19. The number of methoxy groups -OCH3 is 2. The Morgan fingerprint density at radius 2 is 1.12 bits per heavy atom. The minimum atomic E-state index is -0.637. The third kappa shape index (κ3) is 10.9. The van der Waals surface area contributed by atoms with Crippen molar-refractivity contribution in [1.82, 2.24) is 39.0 Å². The molecular weight excluding hydrogens is 920 g/mol. The first-order valence-corrected chi connectivity index (χ1v) is 21.5. The van der Waals surface area contributed by atoms with Gasteiger partial charge in [0.2, 0.25) is 11.2 Å². The zero-order chi connectivity index (χ0) is 48.9. The number of nitrogens with zero attached hydrogens (tertiary/aromatic N) is 10. The van der Waals surface area contributed by atoms with Gasteiger partial charge >= 0.3 is 0 Å². The van der Waals surface area contributed by atoms with Crippen molar-refractivity contribution in [1.29, 1.82) is 0 Å². The Hall–Kier alpha value is -8.13. The molecule has 0 fully saturated rings. The van der Waals surface area contributed by atoms with E-state index in [1.54, 1.807) is 58.1 Å². The molecule has 2 atom stereocenters. The lowest BCUT2D eigenvalue weighted by Gasteiger charge is -2.35. The van der Waals surface area contributed by atoms with Gasteiger partial charge in [0, 0.05) is 62.1 Å². The van der Waals surface area contributed by atoms with Crippen LogP contribution >= 0.6 is 11.6 Å². The first kappa shape index (κ1) is 47.4. The number of hydrogen-bond donors (Lipinski definition) is 2. The number of nitrogens with one attached hydrogen (secondary N) is 1. The minimum Gasteiger partial charge on any atom is -0.494 e. The molecule has 0 saturated heterocycles. The molecule has 10 rings (SSSR count). The molecule has 4 aromatic carbocycles. The third-order valence-electron chi connectivity index (χ3n) is 11.0. The summed E-state index contributed by atoms with van der Waals surface area (Å²) in [6.07, 6.45) is 10.4. The van der Waals surface area contributed by atoms with Gasteiger partial charge in [-0.05, 0) is 85.1 Å². The second-order valence-corrected chi connectivity index (χ2v) is 16.1. The molecule has 0 radical (unpaired) electrons. The number of benzene rings is 4. The average molecular weight is 965 g/mol. The highest BCUT2D eigenvalue weighted by molar-refractivity contribution is 6.28. The minimum absolute atomic E-state index is 0.0882. The van der Waals surface area contributed by atoms with Gasteiger partial charge in [0.1, 0.15) is 48.0 Å². The van der Waals surface area contributed by atoms with Gasteiger partial charge in [0.05, 0.1) is 74.1 Å². The number of anilines is 5. The van der Waals surface area contributed by atoms with Crippen LogP contribution in [0.3, 0.4) is 0 Å². The number of ether oxygens (including phenoxy) is 4. The monoisotopic (exact) mass is 964 g/mol. The fourth-order valence-electron chi connectivity index (χ4n) is 7.61. The number of nitrogen functional groups attached to an aromatic ring is 1. The molecular formula is C48H45ClF4N12O4. The van der Waals surface area contributed by atoms with Crippen LogP contribution in [-0.2, 0) is 0 Å². The zero-order valence-corrected chi connectivity index (χ0v) is 38.8. The Bertz CT molecular complexity index is 3080. The molecule has 8 aromatic rings. The second-order valence-electron chi connectivity index (χ2n) is 15.8. The number of likely N-dealkylation sites (N-methyl/N-ethyl adjacent to an activating group) is 2. The van der Waals surface area contributed by atoms with Crippen molar-refractivity contribution in [3.05, 3.63) is 161 Å². The Labute approximate surface area is 398 Å². The van der Waals surface area contributed by atoms with E-state index in [4.69, 9.17) is 36.3 Å².